The summed E-state index contributed by atoms with van der Waals surface area (Å²) >= 11 is 0. The van der Waals surface area contributed by atoms with Crippen LogP contribution in [0.15, 0.2) is 41.7 Å². The monoisotopic (exact) mass is 252 g/mol. The van der Waals surface area contributed by atoms with Gasteiger partial charge in [0.2, 0.25) is 11.9 Å². The summed E-state index contributed by atoms with van der Waals surface area (Å²) in [5.74, 6) is 0.306. The van der Waals surface area contributed by atoms with Crippen LogP contribution in [0.5, 0.6) is 0 Å². The predicted octanol–water partition coefficient (Wildman–Crippen LogP) is -0.539. The number of nitrogen functional groups attached to an aromatic ring is 1. The molecule has 9 heteroatoms. The van der Waals surface area contributed by atoms with Crippen LogP contribution in [0.2, 0.25) is 0 Å². The average molecular weight is 252 g/mol. The maximum absolute atomic E-state index is 6.83. The Morgan fingerprint density at radius 3 is 1.94 bits per heavy atom. The van der Waals surface area contributed by atoms with Crippen molar-refractivity contribution < 1.29 is 0 Å². The van der Waals surface area contributed by atoms with E-state index in [-0.39, 0.29) is 5.96 Å². The van der Waals surface area contributed by atoms with E-state index in [4.69, 9.17) is 16.9 Å². The van der Waals surface area contributed by atoms with Crippen molar-refractivity contribution in [3.63, 3.8) is 0 Å². The van der Waals surface area contributed by atoms with Crippen molar-refractivity contribution in [2.45, 2.75) is 0 Å². The van der Waals surface area contributed by atoms with Crippen LogP contribution in [0, 0.1) is 5.41 Å². The molecule has 0 fully saturated rings. The highest BCUT2D eigenvalue weighted by molar-refractivity contribution is 7.15. The minimum absolute atomic E-state index is 0.0602. The Labute approximate surface area is 100 Å². The molecule has 0 spiro atoms. The molecule has 90 valence electrons. The molecule has 0 saturated carbocycles. The lowest BCUT2D eigenvalue weighted by Crippen LogP contribution is -2.21. The minimum atomic E-state index is -0.0602. The number of hydrogen-bond donors (Lipinski definition) is 3. The summed E-state index contributed by atoms with van der Waals surface area (Å²) < 4.78 is 6.40. The molecule has 5 N–H and O–H groups in total. The maximum Gasteiger partial charge on any atom is 0.219 e. The second kappa shape index (κ2) is 6.39. The second-order valence-electron chi connectivity index (χ2n) is 2.77. The van der Waals surface area contributed by atoms with Crippen molar-refractivity contribution in [3.05, 3.63) is 36.9 Å². The molecule has 0 amide bonds. The smallest absolute Gasteiger partial charge is 0.219 e. The summed E-state index contributed by atoms with van der Waals surface area (Å²) in [6, 6.07) is 3.49. The van der Waals surface area contributed by atoms with Gasteiger partial charge in [-0.25, -0.2) is 14.1 Å². The highest BCUT2D eigenvalue weighted by Gasteiger charge is 1.90. The molecule has 0 aliphatic rings. The van der Waals surface area contributed by atoms with Gasteiger partial charge in [-0.1, -0.05) is 0 Å². The van der Waals surface area contributed by atoms with Crippen molar-refractivity contribution in [3.8, 4) is 0 Å². The topological polar surface area (TPSA) is 124 Å². The molecule has 1 unspecified atom stereocenters. The Bertz CT molecular complexity index is 472. The van der Waals surface area contributed by atoms with E-state index in [2.05, 4.69) is 24.4 Å². The lowest BCUT2D eigenvalue weighted by Gasteiger charge is -1.94. The molecule has 2 aromatic heterocycles. The molecule has 0 radical (unpaired) electrons. The molecule has 0 aliphatic heterocycles. The van der Waals surface area contributed by atoms with E-state index in [0.717, 1.165) is 0 Å². The molecule has 8 nitrogen and oxygen atoms in total. The Morgan fingerprint density at radius 2 is 1.65 bits per heavy atom. The zero-order chi connectivity index (χ0) is 12.7. The third-order valence-electron chi connectivity index (χ3n) is 1.62. The highest BCUT2D eigenvalue weighted by Crippen LogP contribution is 1.85. The summed E-state index contributed by atoms with van der Waals surface area (Å²) in [6.45, 7) is 0. The average Bonchev–Trinajstić information content (AvgIpc) is 3.01. The van der Waals surface area contributed by atoms with Gasteiger partial charge in [-0.3, -0.25) is 5.41 Å². The van der Waals surface area contributed by atoms with Gasteiger partial charge in [0.05, 0.1) is 0 Å². The van der Waals surface area contributed by atoms with E-state index in [9.17, 15) is 0 Å². The molecule has 2 heterocycles. The van der Waals surface area contributed by atoms with Crippen LogP contribution in [0.4, 0.5) is 0 Å². The molecule has 1 atom stereocenters. The van der Waals surface area contributed by atoms with Gasteiger partial charge >= 0.3 is 0 Å². The fourth-order valence-corrected chi connectivity index (χ4v) is 0.993. The molecule has 0 aromatic carbocycles. The minimum Gasteiger partial charge on any atom is -0.368 e. The van der Waals surface area contributed by atoms with Crippen LogP contribution >= 0.6 is 9.39 Å². The van der Waals surface area contributed by atoms with E-state index in [0.29, 0.717) is 5.96 Å². The Hall–Kier alpha value is -2.21. The standard InChI is InChI=1S/C4H7N4P.C4H6N4/c5-4(7-9)8-3-1-2-6-8;5-4(6)8-3-1-2-7-8/h1-3H,9H2,(H2,5,7);1-3H,(H3,5,6). The van der Waals surface area contributed by atoms with Gasteiger partial charge in [-0.15, -0.1) is 0 Å². The van der Waals surface area contributed by atoms with Crippen LogP contribution in [-0.2, 0) is 0 Å². The fraction of sp³-hybridized carbons (Fsp3) is 0. The first-order valence-corrected chi connectivity index (χ1v) is 5.04. The molecule has 0 saturated heterocycles. The van der Waals surface area contributed by atoms with E-state index < -0.39 is 0 Å². The molecular weight excluding hydrogens is 239 g/mol. The van der Waals surface area contributed by atoms with Crippen LogP contribution in [-0.4, -0.2) is 31.5 Å². The van der Waals surface area contributed by atoms with Gasteiger partial charge in [-0.2, -0.15) is 10.2 Å². The predicted molar refractivity (Wildman–Crippen MR) is 68.5 cm³/mol. The van der Waals surface area contributed by atoms with Crippen LogP contribution in [0.3, 0.4) is 0 Å². The van der Waals surface area contributed by atoms with E-state index >= 15 is 0 Å². The Morgan fingerprint density at radius 1 is 1.12 bits per heavy atom. The summed E-state index contributed by atoms with van der Waals surface area (Å²) in [6.07, 6.45) is 6.55. The fourth-order valence-electron chi connectivity index (χ4n) is 0.875. The largest absolute Gasteiger partial charge is 0.368 e. The molecule has 2 aromatic rings. The molecule has 0 bridgehead atoms. The highest BCUT2D eigenvalue weighted by atomic mass is 31.0. The van der Waals surface area contributed by atoms with Crippen molar-refractivity contribution >= 4 is 21.3 Å². The van der Waals surface area contributed by atoms with Crippen LogP contribution < -0.4 is 11.5 Å². The zero-order valence-electron chi connectivity index (χ0n) is 8.93. The lowest BCUT2D eigenvalue weighted by molar-refractivity contribution is 0.912. The third-order valence-corrected chi connectivity index (χ3v) is 1.89. The molecular formula is C8H13N8P. The first-order valence-electron chi connectivity index (χ1n) is 4.52. The maximum atomic E-state index is 6.83. The van der Waals surface area contributed by atoms with Crippen LogP contribution in [0.1, 0.15) is 0 Å². The molecule has 17 heavy (non-hydrogen) atoms. The van der Waals surface area contributed by atoms with Crippen molar-refractivity contribution in [2.24, 2.45) is 16.2 Å². The van der Waals surface area contributed by atoms with Crippen molar-refractivity contribution in [2.75, 3.05) is 0 Å². The van der Waals surface area contributed by atoms with Gasteiger partial charge in [-0.05, 0) is 21.5 Å². The quantitative estimate of drug-likeness (QED) is 0.331. The lowest BCUT2D eigenvalue weighted by atomic mass is 10.7. The first kappa shape index (κ1) is 12.9. The van der Waals surface area contributed by atoms with E-state index in [1.807, 2.05) is 0 Å². The Balaban J connectivity index is 0.000000171. The summed E-state index contributed by atoms with van der Waals surface area (Å²) in [5, 5.41) is 14.3. The number of nitrogens with two attached hydrogens (primary N) is 2. The van der Waals surface area contributed by atoms with E-state index in [1.54, 1.807) is 36.9 Å². The van der Waals surface area contributed by atoms with Gasteiger partial charge < -0.3 is 11.5 Å². The van der Waals surface area contributed by atoms with Crippen molar-refractivity contribution in [1.82, 2.24) is 19.6 Å². The summed E-state index contributed by atoms with van der Waals surface area (Å²) in [4.78, 5) is 0. The van der Waals surface area contributed by atoms with Gasteiger partial charge in [0.15, 0.2) is 0 Å². The zero-order valence-corrected chi connectivity index (χ0v) is 10.1. The van der Waals surface area contributed by atoms with Gasteiger partial charge in [0.25, 0.3) is 0 Å². The summed E-state index contributed by atoms with van der Waals surface area (Å²) in [5.41, 5.74) is 10.4. The summed E-state index contributed by atoms with van der Waals surface area (Å²) in [7, 11) is 2.16. The third kappa shape index (κ3) is 4.04. The number of rotatable bonds is 0. The van der Waals surface area contributed by atoms with E-state index in [1.165, 1.54) is 9.36 Å². The van der Waals surface area contributed by atoms with Crippen molar-refractivity contribution in [1.29, 1.82) is 5.41 Å². The van der Waals surface area contributed by atoms with Gasteiger partial charge in [0.1, 0.15) is 0 Å². The Kier molecular flexibility index (Phi) is 4.83. The second-order valence-corrected chi connectivity index (χ2v) is 3.03. The number of nitrogens with one attached hydrogen (secondary N) is 1. The van der Waals surface area contributed by atoms with Gasteiger partial charge in [0, 0.05) is 24.8 Å². The van der Waals surface area contributed by atoms with Crippen LogP contribution in [0.25, 0.3) is 0 Å². The molecule has 2 rings (SSSR count). The number of hydrogen-bond acceptors (Lipinski definition) is 4. The number of aromatic nitrogens is 4. The first-order chi connectivity index (χ1) is 8.15. The normalized spacial score (nSPS) is 10.5. The number of nitrogens with zero attached hydrogens (tertiary/aromatic N) is 5. The molecule has 0 aliphatic carbocycles. The SMILES string of the molecule is N=C(N)n1cccn1.NC(=NP)n1cccn1.